The molecular weight excluding hydrogens is 487 g/mol. The number of anilines is 3. The van der Waals surface area contributed by atoms with Gasteiger partial charge in [-0.05, 0) is 26.2 Å². The maximum Gasteiger partial charge on any atom is 0.422 e. The Morgan fingerprint density at radius 3 is 2.59 bits per heavy atom. The van der Waals surface area contributed by atoms with Crippen LogP contribution in [0.2, 0.25) is 0 Å². The molecule has 0 spiro atoms. The zero-order valence-electron chi connectivity index (χ0n) is 20.7. The van der Waals surface area contributed by atoms with Gasteiger partial charge in [0.25, 0.3) is 0 Å². The van der Waals surface area contributed by atoms with Crippen molar-refractivity contribution in [2.75, 3.05) is 51.1 Å². The Labute approximate surface area is 212 Å². The van der Waals surface area contributed by atoms with Crippen LogP contribution in [0.15, 0.2) is 55.0 Å². The maximum atomic E-state index is 12.9. The maximum absolute atomic E-state index is 12.9. The molecule has 1 aromatic carbocycles. The molecule has 0 atom stereocenters. The fourth-order valence-corrected chi connectivity index (χ4v) is 3.73. The van der Waals surface area contributed by atoms with E-state index in [0.29, 0.717) is 17.9 Å². The minimum absolute atomic E-state index is 0.0592. The lowest BCUT2D eigenvalue weighted by atomic mass is 10.1. The molecule has 0 saturated heterocycles. The molecule has 0 fully saturated rings. The van der Waals surface area contributed by atoms with Gasteiger partial charge in [-0.25, -0.2) is 15.0 Å². The van der Waals surface area contributed by atoms with Crippen LogP contribution in [0.1, 0.15) is 0 Å². The molecule has 0 bridgehead atoms. The number of alkyl halides is 3. The van der Waals surface area contributed by atoms with E-state index in [1.807, 2.05) is 55.2 Å². The summed E-state index contributed by atoms with van der Waals surface area (Å²) in [5.74, 6) is 0.123. The number of aliphatic hydroxyl groups excluding tert-OH is 1. The van der Waals surface area contributed by atoms with Crippen molar-refractivity contribution in [3.05, 3.63) is 55.0 Å². The van der Waals surface area contributed by atoms with E-state index >= 15 is 0 Å². The number of hydrogen-bond acceptors (Lipinski definition) is 8. The van der Waals surface area contributed by atoms with Crippen LogP contribution >= 0.6 is 0 Å². The predicted octanol–water partition coefficient (Wildman–Crippen LogP) is 4.13. The SMILES string of the molecule is CN(C)CCN(C)c1cnc(Nc2nccc(-c3cn(CO)c4ccccc34)n2)c(OCC(F)(F)F)c1. The van der Waals surface area contributed by atoms with E-state index in [1.54, 1.807) is 23.0 Å². The number of fused-ring (bicyclic) bond motifs is 1. The highest BCUT2D eigenvalue weighted by molar-refractivity contribution is 5.95. The summed E-state index contributed by atoms with van der Waals surface area (Å²) < 4.78 is 45.6. The standard InChI is InChI=1S/C25H28F3N7O2/c1-33(2)10-11-34(3)17-12-22(37-15-25(26,27)28)23(30-13-17)32-24-29-9-8-20(31-24)19-14-35(16-36)21-7-5-4-6-18(19)21/h4-9,12-14,36H,10-11,15-16H2,1-3H3,(H,29,30,31,32). The number of halogens is 3. The van der Waals surface area contributed by atoms with Crippen LogP contribution in [0.4, 0.5) is 30.6 Å². The quantitative estimate of drug-likeness (QED) is 0.326. The van der Waals surface area contributed by atoms with Crippen molar-refractivity contribution in [2.45, 2.75) is 12.9 Å². The Kier molecular flexibility index (Phi) is 7.79. The van der Waals surface area contributed by atoms with Gasteiger partial charge < -0.3 is 29.5 Å². The zero-order chi connectivity index (χ0) is 26.6. The van der Waals surface area contributed by atoms with E-state index in [-0.39, 0.29) is 24.2 Å². The largest absolute Gasteiger partial charge is 0.480 e. The third-order valence-electron chi connectivity index (χ3n) is 5.66. The number of benzene rings is 1. The van der Waals surface area contributed by atoms with E-state index in [9.17, 15) is 18.3 Å². The van der Waals surface area contributed by atoms with E-state index in [1.165, 1.54) is 12.3 Å². The van der Waals surface area contributed by atoms with Gasteiger partial charge in [0.05, 0.1) is 23.1 Å². The van der Waals surface area contributed by atoms with Crippen molar-refractivity contribution in [3.63, 3.8) is 0 Å². The second kappa shape index (κ2) is 11.0. The van der Waals surface area contributed by atoms with E-state index in [4.69, 9.17) is 4.74 Å². The van der Waals surface area contributed by atoms with Crippen LogP contribution in [0.3, 0.4) is 0 Å². The average Bonchev–Trinajstić information content (AvgIpc) is 3.25. The van der Waals surface area contributed by atoms with E-state index in [2.05, 4.69) is 20.3 Å². The number of nitrogens with one attached hydrogen (secondary N) is 1. The van der Waals surface area contributed by atoms with Gasteiger partial charge >= 0.3 is 6.18 Å². The summed E-state index contributed by atoms with van der Waals surface area (Å²) in [6.45, 7) is -0.263. The summed E-state index contributed by atoms with van der Waals surface area (Å²) in [6, 6.07) is 10.8. The normalized spacial score (nSPS) is 11.8. The van der Waals surface area contributed by atoms with Crippen molar-refractivity contribution in [1.29, 1.82) is 0 Å². The first-order valence-corrected chi connectivity index (χ1v) is 11.5. The van der Waals surface area contributed by atoms with Crippen LogP contribution in [0.25, 0.3) is 22.2 Å². The van der Waals surface area contributed by atoms with Gasteiger partial charge in [-0.1, -0.05) is 18.2 Å². The van der Waals surface area contributed by atoms with E-state index in [0.717, 1.165) is 23.0 Å². The number of nitrogens with zero attached hydrogens (tertiary/aromatic N) is 6. The Bertz CT molecular complexity index is 1360. The minimum atomic E-state index is -4.51. The monoisotopic (exact) mass is 515 g/mol. The summed E-state index contributed by atoms with van der Waals surface area (Å²) in [6.07, 6.45) is 0.360. The summed E-state index contributed by atoms with van der Waals surface area (Å²) in [5, 5.41) is 13.5. The molecule has 4 rings (SSSR count). The number of likely N-dealkylation sites (N-methyl/N-ethyl adjacent to an activating group) is 2. The highest BCUT2D eigenvalue weighted by atomic mass is 19.4. The van der Waals surface area contributed by atoms with Crippen molar-refractivity contribution >= 4 is 28.4 Å². The van der Waals surface area contributed by atoms with Gasteiger partial charge in [0.2, 0.25) is 5.95 Å². The lowest BCUT2D eigenvalue weighted by Gasteiger charge is -2.22. The fourth-order valence-electron chi connectivity index (χ4n) is 3.73. The lowest BCUT2D eigenvalue weighted by Crippen LogP contribution is -2.28. The molecule has 3 aromatic heterocycles. The fraction of sp³-hybridized carbons (Fsp3) is 0.320. The van der Waals surface area contributed by atoms with Crippen molar-refractivity contribution in [1.82, 2.24) is 24.4 Å². The van der Waals surface area contributed by atoms with Crippen LogP contribution in [-0.4, -0.2) is 76.5 Å². The molecular formula is C25H28F3N7O2. The summed E-state index contributed by atoms with van der Waals surface area (Å²) in [7, 11) is 5.70. The van der Waals surface area contributed by atoms with Crippen molar-refractivity contribution in [2.24, 2.45) is 0 Å². The summed E-state index contributed by atoms with van der Waals surface area (Å²) >= 11 is 0. The molecule has 0 aliphatic rings. The molecule has 0 aliphatic carbocycles. The van der Waals surface area contributed by atoms with Crippen LogP contribution in [0, 0.1) is 0 Å². The third-order valence-corrected chi connectivity index (χ3v) is 5.66. The molecule has 0 unspecified atom stereocenters. The van der Waals surface area contributed by atoms with Gasteiger partial charge in [-0.3, -0.25) is 0 Å². The number of ether oxygens (including phenoxy) is 1. The smallest absolute Gasteiger partial charge is 0.422 e. The highest BCUT2D eigenvalue weighted by Gasteiger charge is 2.29. The molecule has 12 heteroatoms. The first-order valence-electron chi connectivity index (χ1n) is 11.5. The Morgan fingerprint density at radius 1 is 1.08 bits per heavy atom. The zero-order valence-corrected chi connectivity index (χ0v) is 20.7. The van der Waals surface area contributed by atoms with Crippen LogP contribution in [-0.2, 0) is 6.73 Å². The van der Waals surface area contributed by atoms with Crippen LogP contribution < -0.4 is 15.0 Å². The third kappa shape index (κ3) is 6.46. The average molecular weight is 516 g/mol. The Balaban J connectivity index is 1.64. The topological polar surface area (TPSA) is 91.6 Å². The number of para-hydroxylation sites is 1. The molecule has 0 aliphatic heterocycles. The second-order valence-corrected chi connectivity index (χ2v) is 8.73. The number of aromatic nitrogens is 4. The number of aliphatic hydroxyl groups is 1. The first kappa shape index (κ1) is 26.2. The van der Waals surface area contributed by atoms with Gasteiger partial charge in [-0.15, -0.1) is 0 Å². The Morgan fingerprint density at radius 2 is 1.86 bits per heavy atom. The number of hydrogen-bond donors (Lipinski definition) is 2. The number of pyridine rings is 1. The predicted molar refractivity (Wildman–Crippen MR) is 136 cm³/mol. The molecule has 9 nitrogen and oxygen atoms in total. The van der Waals surface area contributed by atoms with Gasteiger partial charge in [0.15, 0.2) is 18.2 Å². The van der Waals surface area contributed by atoms with Gasteiger partial charge in [0.1, 0.15) is 6.73 Å². The molecule has 0 amide bonds. The molecule has 4 aromatic rings. The second-order valence-electron chi connectivity index (χ2n) is 8.73. The van der Waals surface area contributed by atoms with Crippen LogP contribution in [0.5, 0.6) is 5.75 Å². The molecule has 3 heterocycles. The first-order chi connectivity index (χ1) is 17.6. The molecule has 37 heavy (non-hydrogen) atoms. The minimum Gasteiger partial charge on any atom is -0.480 e. The van der Waals surface area contributed by atoms with E-state index < -0.39 is 12.8 Å². The lowest BCUT2D eigenvalue weighted by molar-refractivity contribution is -0.153. The van der Waals surface area contributed by atoms with Crippen molar-refractivity contribution < 1.29 is 23.0 Å². The van der Waals surface area contributed by atoms with Gasteiger partial charge in [0, 0.05) is 49.5 Å². The Hall–Kier alpha value is -3.90. The molecule has 2 N–H and O–H groups in total. The van der Waals surface area contributed by atoms with Crippen molar-refractivity contribution in [3.8, 4) is 17.0 Å². The molecule has 196 valence electrons. The molecule has 0 radical (unpaired) electrons. The van der Waals surface area contributed by atoms with Gasteiger partial charge in [-0.2, -0.15) is 13.2 Å². The highest BCUT2D eigenvalue weighted by Crippen LogP contribution is 2.32. The summed E-state index contributed by atoms with van der Waals surface area (Å²) in [5.41, 5.74) is 2.79. The number of rotatable bonds is 10. The summed E-state index contributed by atoms with van der Waals surface area (Å²) in [4.78, 5) is 17.0. The molecule has 0 saturated carbocycles.